The van der Waals surface area contributed by atoms with Gasteiger partial charge >= 0.3 is 0 Å². The highest BCUT2D eigenvalue weighted by Gasteiger charge is 2.33. The lowest BCUT2D eigenvalue weighted by molar-refractivity contribution is -0.0424. The zero-order valence-corrected chi connectivity index (χ0v) is 12.7. The van der Waals surface area contributed by atoms with Crippen molar-refractivity contribution in [3.63, 3.8) is 0 Å². The van der Waals surface area contributed by atoms with Crippen LogP contribution in [0.2, 0.25) is 0 Å². The van der Waals surface area contributed by atoms with E-state index in [1.54, 1.807) is 17.1 Å². The van der Waals surface area contributed by atoms with Crippen molar-refractivity contribution >= 4 is 6.08 Å². The van der Waals surface area contributed by atoms with Crippen LogP contribution in [0.15, 0.2) is 48.8 Å². The molecule has 22 heavy (non-hydrogen) atoms. The standard InChI is InChI=1S/C17H22N4O/c22-17(15-21-13-10-18-19-21)9-5-12-20(14-17)11-4-8-16-6-2-1-3-7-16/h1-4,6-8,10,13,22H,5,9,11-12,14-15H2/b8-4+. The summed E-state index contributed by atoms with van der Waals surface area (Å²) in [6.45, 7) is 3.06. The lowest BCUT2D eigenvalue weighted by atomic mass is 9.93. The Morgan fingerprint density at radius 1 is 1.27 bits per heavy atom. The first-order valence-corrected chi connectivity index (χ1v) is 7.74. The van der Waals surface area contributed by atoms with Crippen LogP contribution in [0.1, 0.15) is 18.4 Å². The van der Waals surface area contributed by atoms with Gasteiger partial charge in [0.25, 0.3) is 0 Å². The summed E-state index contributed by atoms with van der Waals surface area (Å²) < 4.78 is 1.71. The largest absolute Gasteiger partial charge is 0.387 e. The molecule has 0 bridgehead atoms. The number of benzene rings is 1. The van der Waals surface area contributed by atoms with Crippen molar-refractivity contribution in [2.75, 3.05) is 19.6 Å². The van der Waals surface area contributed by atoms with E-state index in [1.165, 1.54) is 5.56 Å². The van der Waals surface area contributed by atoms with Gasteiger partial charge in [0.05, 0.1) is 18.3 Å². The zero-order chi connectivity index (χ0) is 15.3. The smallest absolute Gasteiger partial charge is 0.0970 e. The summed E-state index contributed by atoms with van der Waals surface area (Å²) in [5.41, 5.74) is 0.490. The van der Waals surface area contributed by atoms with Gasteiger partial charge in [0.1, 0.15) is 0 Å². The Balaban J connectivity index is 1.55. The van der Waals surface area contributed by atoms with Gasteiger partial charge in [-0.1, -0.05) is 47.7 Å². The number of likely N-dealkylation sites (tertiary alicyclic amines) is 1. The summed E-state index contributed by atoms with van der Waals surface area (Å²) >= 11 is 0. The van der Waals surface area contributed by atoms with E-state index in [4.69, 9.17) is 0 Å². The van der Waals surface area contributed by atoms with E-state index >= 15 is 0 Å². The molecular formula is C17H22N4O. The SMILES string of the molecule is OC1(Cn2ccnn2)CCCN(C/C=C/c2ccccc2)C1. The summed E-state index contributed by atoms with van der Waals surface area (Å²) in [4.78, 5) is 2.29. The molecule has 1 aromatic heterocycles. The Morgan fingerprint density at radius 2 is 2.14 bits per heavy atom. The van der Waals surface area contributed by atoms with E-state index in [1.807, 2.05) is 18.2 Å². The molecule has 0 saturated carbocycles. The Morgan fingerprint density at radius 3 is 2.91 bits per heavy atom. The molecule has 5 nitrogen and oxygen atoms in total. The fraction of sp³-hybridized carbons (Fsp3) is 0.412. The molecule has 1 aliphatic rings. The van der Waals surface area contributed by atoms with Crippen molar-refractivity contribution in [3.8, 4) is 0 Å². The third-order valence-corrected chi connectivity index (χ3v) is 4.04. The minimum absolute atomic E-state index is 0.506. The molecule has 2 heterocycles. The highest BCUT2D eigenvalue weighted by molar-refractivity contribution is 5.48. The van der Waals surface area contributed by atoms with Gasteiger partial charge in [-0.25, -0.2) is 4.68 Å². The van der Waals surface area contributed by atoms with Crippen LogP contribution in [-0.4, -0.2) is 50.2 Å². The summed E-state index contributed by atoms with van der Waals surface area (Å²) in [5, 5.41) is 18.5. The normalized spacial score (nSPS) is 23.1. The maximum atomic E-state index is 10.8. The second-order valence-corrected chi connectivity index (χ2v) is 5.98. The van der Waals surface area contributed by atoms with E-state index < -0.39 is 5.60 Å². The first kappa shape index (κ1) is 14.9. The highest BCUT2D eigenvalue weighted by Crippen LogP contribution is 2.22. The van der Waals surface area contributed by atoms with Gasteiger partial charge in [-0.05, 0) is 24.9 Å². The second kappa shape index (κ2) is 6.85. The molecule has 3 rings (SSSR count). The van der Waals surface area contributed by atoms with Gasteiger partial charge in [0, 0.05) is 19.3 Å². The Hall–Kier alpha value is -1.98. The van der Waals surface area contributed by atoms with Crippen molar-refractivity contribution < 1.29 is 5.11 Å². The summed E-state index contributed by atoms with van der Waals surface area (Å²) in [5.74, 6) is 0. The molecule has 1 fully saturated rings. The summed E-state index contributed by atoms with van der Waals surface area (Å²) in [6, 6.07) is 10.3. The number of nitrogens with zero attached hydrogens (tertiary/aromatic N) is 4. The monoisotopic (exact) mass is 298 g/mol. The number of β-amino-alcohol motifs (C(OH)–C–C–N with tert-alkyl or cyclic N) is 1. The van der Waals surface area contributed by atoms with Crippen molar-refractivity contribution in [2.24, 2.45) is 0 Å². The van der Waals surface area contributed by atoms with E-state index in [-0.39, 0.29) is 0 Å². The number of aromatic nitrogens is 3. The zero-order valence-electron chi connectivity index (χ0n) is 12.7. The molecule has 1 N–H and O–H groups in total. The Kier molecular flexibility index (Phi) is 4.65. The van der Waals surface area contributed by atoms with Gasteiger partial charge in [0.15, 0.2) is 0 Å². The van der Waals surface area contributed by atoms with E-state index in [2.05, 4.69) is 39.5 Å². The number of hydrogen-bond donors (Lipinski definition) is 1. The maximum absolute atomic E-state index is 10.8. The summed E-state index contributed by atoms with van der Waals surface area (Å²) in [6.07, 6.45) is 9.55. The number of rotatable bonds is 5. The fourth-order valence-electron chi connectivity index (χ4n) is 3.01. The molecule has 0 amide bonds. The molecule has 116 valence electrons. The third kappa shape index (κ3) is 4.02. The topological polar surface area (TPSA) is 54.2 Å². The van der Waals surface area contributed by atoms with Gasteiger partial charge < -0.3 is 5.11 Å². The lowest BCUT2D eigenvalue weighted by Gasteiger charge is -2.38. The first-order valence-electron chi connectivity index (χ1n) is 7.74. The predicted octanol–water partition coefficient (Wildman–Crippen LogP) is 1.82. The van der Waals surface area contributed by atoms with E-state index in [0.29, 0.717) is 13.1 Å². The van der Waals surface area contributed by atoms with Crippen LogP contribution >= 0.6 is 0 Å². The predicted molar refractivity (Wildman–Crippen MR) is 86.1 cm³/mol. The maximum Gasteiger partial charge on any atom is 0.0970 e. The number of piperidine rings is 1. The number of aliphatic hydroxyl groups is 1. The molecule has 2 aromatic rings. The molecule has 1 aliphatic heterocycles. The molecule has 1 atom stereocenters. The average molecular weight is 298 g/mol. The van der Waals surface area contributed by atoms with Crippen molar-refractivity contribution in [2.45, 2.75) is 25.0 Å². The van der Waals surface area contributed by atoms with Crippen LogP contribution in [0.3, 0.4) is 0 Å². The van der Waals surface area contributed by atoms with E-state index in [0.717, 1.165) is 25.9 Å². The molecular weight excluding hydrogens is 276 g/mol. The van der Waals surface area contributed by atoms with Crippen molar-refractivity contribution in [3.05, 3.63) is 54.4 Å². The molecule has 0 spiro atoms. The minimum Gasteiger partial charge on any atom is -0.387 e. The van der Waals surface area contributed by atoms with Crippen LogP contribution in [0.4, 0.5) is 0 Å². The van der Waals surface area contributed by atoms with Crippen LogP contribution in [-0.2, 0) is 6.54 Å². The van der Waals surface area contributed by atoms with Crippen LogP contribution < -0.4 is 0 Å². The Bertz CT molecular complexity index is 596. The van der Waals surface area contributed by atoms with Gasteiger partial charge in [0.2, 0.25) is 0 Å². The minimum atomic E-state index is -0.716. The van der Waals surface area contributed by atoms with Gasteiger partial charge in [-0.3, -0.25) is 4.90 Å². The second-order valence-electron chi connectivity index (χ2n) is 5.98. The van der Waals surface area contributed by atoms with Crippen LogP contribution in [0.25, 0.3) is 6.08 Å². The van der Waals surface area contributed by atoms with Crippen LogP contribution in [0, 0.1) is 0 Å². The quantitative estimate of drug-likeness (QED) is 0.915. The molecule has 1 unspecified atom stereocenters. The average Bonchev–Trinajstić information content (AvgIpc) is 3.01. The highest BCUT2D eigenvalue weighted by atomic mass is 16.3. The summed E-state index contributed by atoms with van der Waals surface area (Å²) in [7, 11) is 0. The fourth-order valence-corrected chi connectivity index (χ4v) is 3.01. The van der Waals surface area contributed by atoms with Crippen molar-refractivity contribution in [1.29, 1.82) is 0 Å². The molecule has 1 saturated heterocycles. The van der Waals surface area contributed by atoms with Crippen LogP contribution in [0.5, 0.6) is 0 Å². The first-order chi connectivity index (χ1) is 10.7. The molecule has 5 heteroatoms. The molecule has 1 aromatic carbocycles. The van der Waals surface area contributed by atoms with Gasteiger partial charge in [-0.15, -0.1) is 5.10 Å². The number of hydrogen-bond acceptors (Lipinski definition) is 4. The molecule has 0 aliphatic carbocycles. The van der Waals surface area contributed by atoms with Gasteiger partial charge in [-0.2, -0.15) is 0 Å². The Labute approximate surface area is 130 Å². The third-order valence-electron chi connectivity index (χ3n) is 4.04. The van der Waals surface area contributed by atoms with E-state index in [9.17, 15) is 5.11 Å². The lowest BCUT2D eigenvalue weighted by Crippen LogP contribution is -2.50. The molecule has 0 radical (unpaired) electrons. The van der Waals surface area contributed by atoms with Crippen molar-refractivity contribution in [1.82, 2.24) is 19.9 Å².